The zero-order valence-corrected chi connectivity index (χ0v) is 16.9. The number of phosphoric acid groups is 1. The molecule has 0 saturated carbocycles. The first-order valence-electron chi connectivity index (χ1n) is 9.91. The molecule has 0 aliphatic heterocycles. The summed E-state index contributed by atoms with van der Waals surface area (Å²) in [4.78, 5) is 28.6. The van der Waals surface area contributed by atoms with Crippen LogP contribution in [0.5, 0.6) is 0 Å². The second-order valence-electron chi connectivity index (χ2n) is 6.97. The van der Waals surface area contributed by atoms with Crippen molar-refractivity contribution in [3.8, 4) is 0 Å². The summed E-state index contributed by atoms with van der Waals surface area (Å²) in [7, 11) is -4.48. The third-order valence-corrected chi connectivity index (χ3v) is 5.03. The van der Waals surface area contributed by atoms with Crippen LogP contribution in [-0.4, -0.2) is 38.2 Å². The summed E-state index contributed by atoms with van der Waals surface area (Å²) in [5.41, 5.74) is 0. The number of aliphatic carboxylic acids is 1. The third kappa shape index (κ3) is 17.0. The molecule has 0 saturated heterocycles. The van der Waals surface area contributed by atoms with Gasteiger partial charge in [0.05, 0.1) is 6.10 Å². The number of carbonyl (C=O) groups is 1. The zero-order chi connectivity index (χ0) is 19.8. The Bertz CT molecular complexity index is 397. The van der Waals surface area contributed by atoms with Crippen molar-refractivity contribution in [2.75, 3.05) is 0 Å². The average molecular weight is 396 g/mol. The molecular weight excluding hydrogens is 359 g/mol. The summed E-state index contributed by atoms with van der Waals surface area (Å²) in [6.45, 7) is 2.18. The molecule has 0 aliphatic carbocycles. The average Bonchev–Trinajstić information content (AvgIpc) is 2.55. The summed E-state index contributed by atoms with van der Waals surface area (Å²) in [6, 6.07) is 0. The Hall–Kier alpha value is -0.460. The molecule has 0 aromatic carbocycles. The van der Waals surface area contributed by atoms with Gasteiger partial charge in [-0.25, -0.2) is 9.36 Å². The van der Waals surface area contributed by atoms with Crippen LogP contribution < -0.4 is 0 Å². The Morgan fingerprint density at radius 3 is 1.69 bits per heavy atom. The van der Waals surface area contributed by atoms with Gasteiger partial charge in [-0.3, -0.25) is 4.52 Å². The van der Waals surface area contributed by atoms with Gasteiger partial charge in [-0.1, -0.05) is 77.6 Å². The van der Waals surface area contributed by atoms with Crippen molar-refractivity contribution in [1.82, 2.24) is 0 Å². The van der Waals surface area contributed by atoms with E-state index < -0.39 is 26.0 Å². The standard InChI is InChI=1S/C18H37O7P/c1-2-3-4-5-6-7-10-13-16(25-26(22,23)24)14-11-8-9-12-15-17(19)18(20)21/h16-17,19H,2-15H2,1H3,(H,20,21)(H2,22,23,24). The molecular formula is C18H37O7P. The zero-order valence-electron chi connectivity index (χ0n) is 16.0. The Morgan fingerprint density at radius 1 is 0.846 bits per heavy atom. The van der Waals surface area contributed by atoms with E-state index in [2.05, 4.69) is 6.92 Å². The van der Waals surface area contributed by atoms with Crippen molar-refractivity contribution < 1.29 is 33.9 Å². The van der Waals surface area contributed by atoms with E-state index in [0.29, 0.717) is 19.3 Å². The summed E-state index contributed by atoms with van der Waals surface area (Å²) in [6.07, 6.45) is 10.8. The van der Waals surface area contributed by atoms with Gasteiger partial charge in [-0.2, -0.15) is 0 Å². The lowest BCUT2D eigenvalue weighted by Crippen LogP contribution is -2.18. The van der Waals surface area contributed by atoms with Gasteiger partial charge in [0.15, 0.2) is 6.10 Å². The Morgan fingerprint density at radius 2 is 1.27 bits per heavy atom. The lowest BCUT2D eigenvalue weighted by atomic mass is 10.0. The van der Waals surface area contributed by atoms with Gasteiger partial charge in [0.2, 0.25) is 0 Å². The van der Waals surface area contributed by atoms with E-state index in [-0.39, 0.29) is 6.42 Å². The van der Waals surface area contributed by atoms with Crippen LogP contribution in [0.1, 0.15) is 96.8 Å². The number of carboxylic acid groups (broad SMARTS) is 1. The highest BCUT2D eigenvalue weighted by molar-refractivity contribution is 7.46. The first-order chi connectivity index (χ1) is 12.3. The number of hydrogen-bond donors (Lipinski definition) is 4. The molecule has 2 atom stereocenters. The molecule has 0 fully saturated rings. The maximum Gasteiger partial charge on any atom is 0.469 e. The highest BCUT2D eigenvalue weighted by Gasteiger charge is 2.21. The van der Waals surface area contributed by atoms with Gasteiger partial charge >= 0.3 is 13.8 Å². The fourth-order valence-electron chi connectivity index (χ4n) is 2.96. The summed E-state index contributed by atoms with van der Waals surface area (Å²) in [5, 5.41) is 17.8. The molecule has 0 radical (unpaired) electrons. The van der Waals surface area contributed by atoms with E-state index in [1.165, 1.54) is 25.7 Å². The molecule has 4 N–H and O–H groups in total. The van der Waals surface area contributed by atoms with Gasteiger partial charge in [-0.05, 0) is 19.3 Å². The minimum atomic E-state index is -4.48. The van der Waals surface area contributed by atoms with E-state index in [0.717, 1.165) is 38.5 Å². The van der Waals surface area contributed by atoms with Crippen LogP contribution in [0, 0.1) is 0 Å². The molecule has 0 amide bonds. The third-order valence-electron chi connectivity index (χ3n) is 4.45. The van der Waals surface area contributed by atoms with Crippen LogP contribution in [0.4, 0.5) is 0 Å². The predicted octanol–water partition coefficient (Wildman–Crippen LogP) is 4.39. The van der Waals surface area contributed by atoms with E-state index in [1.807, 2.05) is 0 Å². The van der Waals surface area contributed by atoms with Gasteiger partial charge < -0.3 is 20.0 Å². The van der Waals surface area contributed by atoms with Crippen LogP contribution in [0.15, 0.2) is 0 Å². The molecule has 7 nitrogen and oxygen atoms in total. The first-order valence-corrected chi connectivity index (χ1v) is 11.4. The molecule has 0 aromatic heterocycles. The summed E-state index contributed by atoms with van der Waals surface area (Å²) < 4.78 is 16.0. The summed E-state index contributed by atoms with van der Waals surface area (Å²) >= 11 is 0. The molecule has 2 unspecified atom stereocenters. The Labute approximate surface area is 157 Å². The van der Waals surface area contributed by atoms with Crippen molar-refractivity contribution in [3.63, 3.8) is 0 Å². The maximum absolute atomic E-state index is 11.1. The van der Waals surface area contributed by atoms with Crippen molar-refractivity contribution in [1.29, 1.82) is 0 Å². The van der Waals surface area contributed by atoms with Crippen LogP contribution in [0.2, 0.25) is 0 Å². The lowest BCUT2D eigenvalue weighted by molar-refractivity contribution is -0.146. The fourth-order valence-corrected chi connectivity index (χ4v) is 3.56. The van der Waals surface area contributed by atoms with Crippen LogP contribution in [-0.2, 0) is 13.9 Å². The Kier molecular flexibility index (Phi) is 15.3. The molecule has 0 rings (SSSR count). The number of aliphatic hydroxyl groups is 1. The summed E-state index contributed by atoms with van der Waals surface area (Å²) in [5.74, 6) is -1.20. The SMILES string of the molecule is CCCCCCCCCC(CCCCCCC(O)C(=O)O)OP(=O)(O)O. The number of unbranched alkanes of at least 4 members (excludes halogenated alkanes) is 9. The van der Waals surface area contributed by atoms with E-state index in [1.54, 1.807) is 0 Å². The van der Waals surface area contributed by atoms with Crippen molar-refractivity contribution >= 4 is 13.8 Å². The van der Waals surface area contributed by atoms with Crippen LogP contribution in [0.25, 0.3) is 0 Å². The number of carboxylic acids is 1. The number of phosphoric ester groups is 1. The second-order valence-corrected chi connectivity index (χ2v) is 8.17. The number of rotatable bonds is 18. The smallest absolute Gasteiger partial charge is 0.469 e. The molecule has 0 bridgehead atoms. The van der Waals surface area contributed by atoms with Gasteiger partial charge in [0.1, 0.15) is 0 Å². The quantitative estimate of drug-likeness (QED) is 0.200. The molecule has 26 heavy (non-hydrogen) atoms. The molecule has 0 spiro atoms. The minimum absolute atomic E-state index is 0.232. The van der Waals surface area contributed by atoms with Crippen molar-refractivity contribution in [2.24, 2.45) is 0 Å². The molecule has 8 heteroatoms. The van der Waals surface area contributed by atoms with E-state index >= 15 is 0 Å². The monoisotopic (exact) mass is 396 g/mol. The van der Waals surface area contributed by atoms with Gasteiger partial charge in [0.25, 0.3) is 0 Å². The van der Waals surface area contributed by atoms with Gasteiger partial charge in [0, 0.05) is 0 Å². The van der Waals surface area contributed by atoms with E-state index in [4.69, 9.17) is 19.4 Å². The normalized spacial score (nSPS) is 14.3. The van der Waals surface area contributed by atoms with E-state index in [9.17, 15) is 14.5 Å². The maximum atomic E-state index is 11.1. The van der Waals surface area contributed by atoms with Crippen LogP contribution >= 0.6 is 7.82 Å². The molecule has 0 aromatic rings. The molecule has 156 valence electrons. The Balaban J connectivity index is 3.90. The van der Waals surface area contributed by atoms with Crippen molar-refractivity contribution in [3.05, 3.63) is 0 Å². The van der Waals surface area contributed by atoms with Crippen LogP contribution in [0.3, 0.4) is 0 Å². The number of hydrogen-bond acceptors (Lipinski definition) is 4. The van der Waals surface area contributed by atoms with Gasteiger partial charge in [-0.15, -0.1) is 0 Å². The minimum Gasteiger partial charge on any atom is -0.479 e. The highest BCUT2D eigenvalue weighted by Crippen LogP contribution is 2.39. The topological polar surface area (TPSA) is 124 Å². The second kappa shape index (κ2) is 15.6. The highest BCUT2D eigenvalue weighted by atomic mass is 31.2. The predicted molar refractivity (Wildman–Crippen MR) is 101 cm³/mol. The first kappa shape index (κ1) is 25.5. The number of aliphatic hydroxyl groups excluding tert-OH is 1. The fraction of sp³-hybridized carbons (Fsp3) is 0.944. The largest absolute Gasteiger partial charge is 0.479 e. The molecule has 0 heterocycles. The lowest BCUT2D eigenvalue weighted by Gasteiger charge is -2.18. The molecule has 0 aliphatic rings. The van der Waals surface area contributed by atoms with Crippen molar-refractivity contribution in [2.45, 2.75) is 109 Å².